The summed E-state index contributed by atoms with van der Waals surface area (Å²) in [6, 6.07) is 5.47. The predicted octanol–water partition coefficient (Wildman–Crippen LogP) is 3.02. The smallest absolute Gasteiger partial charge is 0.340 e. The zero-order chi connectivity index (χ0) is 20.9. The SMILES string of the molecule is COc1cc(CC(OC)C(=O)OC2=CC=CC=CC=C2)ccc1OCCCON. The highest BCUT2D eigenvalue weighted by Gasteiger charge is 2.22. The summed E-state index contributed by atoms with van der Waals surface area (Å²) in [5, 5.41) is 0. The average Bonchev–Trinajstić information content (AvgIpc) is 2.71. The van der Waals surface area contributed by atoms with Crippen molar-refractivity contribution in [3.63, 3.8) is 0 Å². The molecule has 7 heteroatoms. The fourth-order valence-corrected chi connectivity index (χ4v) is 2.56. The number of carbonyl (C=O) groups excluding carboxylic acids is 1. The molecule has 1 aliphatic rings. The molecule has 1 aliphatic carbocycles. The molecule has 29 heavy (non-hydrogen) atoms. The minimum atomic E-state index is -0.757. The maximum atomic E-state index is 12.5. The number of allylic oxidation sites excluding steroid dienone is 7. The van der Waals surface area contributed by atoms with Gasteiger partial charge in [0.05, 0.1) is 20.3 Å². The Hall–Kier alpha value is -2.87. The van der Waals surface area contributed by atoms with Gasteiger partial charge in [0.1, 0.15) is 5.76 Å². The van der Waals surface area contributed by atoms with Crippen LogP contribution in [0.15, 0.2) is 66.5 Å². The molecular weight excluding hydrogens is 374 g/mol. The second kappa shape index (κ2) is 12.6. The fraction of sp³-hybridized carbons (Fsp3) is 0.318. The van der Waals surface area contributed by atoms with Crippen molar-refractivity contribution in [2.75, 3.05) is 27.4 Å². The van der Waals surface area contributed by atoms with Crippen molar-refractivity contribution in [2.24, 2.45) is 5.90 Å². The lowest BCUT2D eigenvalue weighted by Gasteiger charge is -2.16. The molecule has 0 spiro atoms. The van der Waals surface area contributed by atoms with E-state index in [1.54, 1.807) is 37.5 Å². The normalized spacial score (nSPS) is 14.0. The summed E-state index contributed by atoms with van der Waals surface area (Å²) < 4.78 is 21.9. The summed E-state index contributed by atoms with van der Waals surface area (Å²) in [4.78, 5) is 17.0. The number of benzene rings is 1. The molecule has 0 amide bonds. The van der Waals surface area contributed by atoms with Crippen LogP contribution in [0.2, 0.25) is 0 Å². The average molecular weight is 401 g/mol. The molecule has 2 N–H and O–H groups in total. The molecule has 0 radical (unpaired) electrons. The summed E-state index contributed by atoms with van der Waals surface area (Å²) in [6.07, 6.45) is 12.9. The van der Waals surface area contributed by atoms with Gasteiger partial charge in [-0.2, -0.15) is 0 Å². The van der Waals surface area contributed by atoms with Crippen molar-refractivity contribution in [2.45, 2.75) is 18.9 Å². The molecule has 1 aromatic carbocycles. The third-order valence-electron chi connectivity index (χ3n) is 4.04. The van der Waals surface area contributed by atoms with Crippen LogP contribution in [0.1, 0.15) is 12.0 Å². The van der Waals surface area contributed by atoms with Gasteiger partial charge in [0.25, 0.3) is 0 Å². The van der Waals surface area contributed by atoms with E-state index < -0.39 is 12.1 Å². The maximum absolute atomic E-state index is 12.5. The van der Waals surface area contributed by atoms with Crippen LogP contribution in [0.5, 0.6) is 11.5 Å². The first-order valence-electron chi connectivity index (χ1n) is 9.25. The van der Waals surface area contributed by atoms with E-state index in [0.29, 0.717) is 43.3 Å². The fourth-order valence-electron chi connectivity index (χ4n) is 2.56. The van der Waals surface area contributed by atoms with Crippen molar-refractivity contribution in [1.82, 2.24) is 0 Å². The minimum absolute atomic E-state index is 0.333. The molecule has 2 rings (SSSR count). The standard InChI is InChI=1S/C22H27NO6/c1-25-20-15-17(11-12-19(20)27-13-8-14-28-23)16-21(26-2)22(24)29-18-9-6-4-3-5-7-10-18/h3-7,9-12,15,21H,8,13-14,16,23H2,1-2H3. The molecule has 0 aliphatic heterocycles. The van der Waals surface area contributed by atoms with E-state index in [1.807, 2.05) is 30.4 Å². The van der Waals surface area contributed by atoms with Gasteiger partial charge in [-0.15, -0.1) is 0 Å². The van der Waals surface area contributed by atoms with Crippen LogP contribution in [0.4, 0.5) is 0 Å². The van der Waals surface area contributed by atoms with E-state index in [9.17, 15) is 4.79 Å². The van der Waals surface area contributed by atoms with E-state index in [0.717, 1.165) is 5.56 Å². The largest absolute Gasteiger partial charge is 0.493 e. The number of carbonyl (C=O) groups is 1. The van der Waals surface area contributed by atoms with Gasteiger partial charge in [-0.25, -0.2) is 10.7 Å². The summed E-state index contributed by atoms with van der Waals surface area (Å²) in [7, 11) is 3.04. The molecule has 7 nitrogen and oxygen atoms in total. The summed E-state index contributed by atoms with van der Waals surface area (Å²) in [6.45, 7) is 0.863. The zero-order valence-corrected chi connectivity index (χ0v) is 16.7. The molecule has 1 unspecified atom stereocenters. The van der Waals surface area contributed by atoms with Crippen LogP contribution in [0.3, 0.4) is 0 Å². The first-order valence-corrected chi connectivity index (χ1v) is 9.25. The number of hydrogen-bond donors (Lipinski definition) is 1. The molecule has 0 heterocycles. The van der Waals surface area contributed by atoms with Crippen LogP contribution < -0.4 is 15.4 Å². The molecule has 0 bridgehead atoms. The van der Waals surface area contributed by atoms with Crippen LogP contribution in [0, 0.1) is 0 Å². The second-order valence-electron chi connectivity index (χ2n) is 6.11. The van der Waals surface area contributed by atoms with Gasteiger partial charge in [-0.1, -0.05) is 36.4 Å². The van der Waals surface area contributed by atoms with Crippen molar-refractivity contribution in [1.29, 1.82) is 0 Å². The lowest BCUT2D eigenvalue weighted by molar-refractivity contribution is -0.150. The Morgan fingerprint density at radius 2 is 1.83 bits per heavy atom. The second-order valence-corrected chi connectivity index (χ2v) is 6.11. The predicted molar refractivity (Wildman–Crippen MR) is 109 cm³/mol. The maximum Gasteiger partial charge on any atom is 0.340 e. The monoisotopic (exact) mass is 401 g/mol. The Bertz CT molecular complexity index is 782. The third-order valence-corrected chi connectivity index (χ3v) is 4.04. The van der Waals surface area contributed by atoms with E-state index in [2.05, 4.69) is 4.84 Å². The van der Waals surface area contributed by atoms with Crippen molar-refractivity contribution < 1.29 is 28.6 Å². The Kier molecular flexibility index (Phi) is 9.71. The summed E-state index contributed by atoms with van der Waals surface area (Å²) in [5.74, 6) is 6.15. The molecule has 0 fully saturated rings. The zero-order valence-electron chi connectivity index (χ0n) is 16.7. The molecule has 156 valence electrons. The number of methoxy groups -OCH3 is 2. The van der Waals surface area contributed by atoms with Gasteiger partial charge in [-0.3, -0.25) is 0 Å². The molecule has 1 atom stereocenters. The quantitative estimate of drug-likeness (QED) is 0.346. The Balaban J connectivity index is 2.00. The van der Waals surface area contributed by atoms with E-state index >= 15 is 0 Å². The van der Waals surface area contributed by atoms with Gasteiger partial charge in [0.15, 0.2) is 17.6 Å². The number of esters is 1. The lowest BCUT2D eigenvalue weighted by atomic mass is 10.1. The van der Waals surface area contributed by atoms with Crippen molar-refractivity contribution in [3.8, 4) is 11.5 Å². The Morgan fingerprint density at radius 3 is 2.59 bits per heavy atom. The molecule has 0 saturated carbocycles. The first kappa shape index (κ1) is 22.4. The van der Waals surface area contributed by atoms with Gasteiger partial charge >= 0.3 is 5.97 Å². The summed E-state index contributed by atoms with van der Waals surface area (Å²) >= 11 is 0. The van der Waals surface area contributed by atoms with Gasteiger partial charge in [0.2, 0.25) is 0 Å². The van der Waals surface area contributed by atoms with E-state index in [1.165, 1.54) is 7.11 Å². The Labute approximate surface area is 171 Å². The number of ether oxygens (including phenoxy) is 4. The van der Waals surface area contributed by atoms with Gasteiger partial charge in [-0.05, 0) is 29.8 Å². The van der Waals surface area contributed by atoms with Crippen LogP contribution in [-0.2, 0) is 25.5 Å². The molecular formula is C22H27NO6. The van der Waals surface area contributed by atoms with Crippen molar-refractivity contribution >= 4 is 5.97 Å². The number of nitrogens with two attached hydrogens (primary N) is 1. The highest BCUT2D eigenvalue weighted by molar-refractivity contribution is 5.76. The van der Waals surface area contributed by atoms with E-state index in [-0.39, 0.29) is 0 Å². The molecule has 1 aromatic rings. The lowest BCUT2D eigenvalue weighted by Crippen LogP contribution is -2.27. The first-order chi connectivity index (χ1) is 14.2. The topological polar surface area (TPSA) is 89.2 Å². The number of rotatable bonds is 11. The van der Waals surface area contributed by atoms with Crippen molar-refractivity contribution in [3.05, 3.63) is 72.1 Å². The Morgan fingerprint density at radius 1 is 1.03 bits per heavy atom. The van der Waals surface area contributed by atoms with E-state index in [4.69, 9.17) is 24.8 Å². The third kappa shape index (κ3) is 7.57. The van der Waals surface area contributed by atoms with Crippen LogP contribution in [0.25, 0.3) is 0 Å². The minimum Gasteiger partial charge on any atom is -0.493 e. The number of hydrogen-bond acceptors (Lipinski definition) is 7. The van der Waals surface area contributed by atoms with Gasteiger partial charge in [0, 0.05) is 20.0 Å². The molecule has 0 aromatic heterocycles. The van der Waals surface area contributed by atoms with Crippen LogP contribution in [-0.4, -0.2) is 39.5 Å². The van der Waals surface area contributed by atoms with Crippen LogP contribution >= 0.6 is 0 Å². The molecule has 0 saturated heterocycles. The van der Waals surface area contributed by atoms with Gasteiger partial charge < -0.3 is 23.8 Å². The highest BCUT2D eigenvalue weighted by atomic mass is 16.6. The highest BCUT2D eigenvalue weighted by Crippen LogP contribution is 2.29. The summed E-state index contributed by atoms with van der Waals surface area (Å²) in [5.41, 5.74) is 0.855.